The van der Waals surface area contributed by atoms with E-state index in [0.29, 0.717) is 36.1 Å². The Balaban J connectivity index is 2.05. The highest BCUT2D eigenvalue weighted by atomic mass is 79.9. The Morgan fingerprint density at radius 1 is 1.33 bits per heavy atom. The van der Waals surface area contributed by atoms with E-state index in [1.165, 1.54) is 6.07 Å². The Kier molecular flexibility index (Phi) is 7.33. The van der Waals surface area contributed by atoms with Crippen LogP contribution in [0.3, 0.4) is 0 Å². The summed E-state index contributed by atoms with van der Waals surface area (Å²) in [4.78, 5) is 16.0. The molecule has 0 atom stereocenters. The Hall–Kier alpha value is -1.31. The summed E-state index contributed by atoms with van der Waals surface area (Å²) in [5, 5.41) is 0. The summed E-state index contributed by atoms with van der Waals surface area (Å²) in [7, 11) is 0. The molecule has 0 unspecified atom stereocenters. The molecule has 132 valence electrons. The first-order valence-corrected chi connectivity index (χ1v) is 8.76. The highest BCUT2D eigenvalue weighted by Gasteiger charge is 2.26. The molecule has 0 N–H and O–H groups in total. The van der Waals surface area contributed by atoms with Gasteiger partial charge < -0.3 is 14.2 Å². The standard InChI is InChI=1S/C17H21BrFNO4/c1-3-22-15(21)9-7-12(8-10-16-23-11(2)24-16)20-17-13(18)5-4-6-14(17)19/h4-6,11,16H,3,7-10H2,1-2H3/b20-12+. The molecule has 0 spiro atoms. The van der Waals surface area contributed by atoms with Crippen molar-refractivity contribution >= 4 is 33.3 Å². The number of aliphatic imine (C=N–C) groups is 1. The average molecular weight is 402 g/mol. The second kappa shape index (κ2) is 9.25. The summed E-state index contributed by atoms with van der Waals surface area (Å²) < 4.78 is 30.3. The van der Waals surface area contributed by atoms with Crippen molar-refractivity contribution in [3.63, 3.8) is 0 Å². The summed E-state index contributed by atoms with van der Waals surface area (Å²) in [5.74, 6) is -0.703. The number of carbonyl (C=O) groups excluding carboxylic acids is 1. The fourth-order valence-electron chi connectivity index (χ4n) is 2.33. The van der Waals surface area contributed by atoms with Crippen molar-refractivity contribution in [2.45, 2.75) is 52.1 Å². The highest BCUT2D eigenvalue weighted by molar-refractivity contribution is 9.10. The molecule has 1 aromatic rings. The lowest BCUT2D eigenvalue weighted by molar-refractivity contribution is -0.376. The minimum Gasteiger partial charge on any atom is -0.466 e. The van der Waals surface area contributed by atoms with Gasteiger partial charge in [0.25, 0.3) is 0 Å². The van der Waals surface area contributed by atoms with Crippen LogP contribution in [0.5, 0.6) is 0 Å². The molecular formula is C17H21BrFNO4. The van der Waals surface area contributed by atoms with Crippen molar-refractivity contribution in [3.8, 4) is 0 Å². The molecule has 1 heterocycles. The third-order valence-corrected chi connectivity index (χ3v) is 4.13. The smallest absolute Gasteiger partial charge is 0.306 e. The molecule has 0 aliphatic carbocycles. The third-order valence-electron chi connectivity index (χ3n) is 3.49. The molecule has 2 rings (SSSR count). The largest absolute Gasteiger partial charge is 0.466 e. The lowest BCUT2D eigenvalue weighted by Gasteiger charge is -2.33. The lowest BCUT2D eigenvalue weighted by Crippen LogP contribution is -2.38. The van der Waals surface area contributed by atoms with Crippen LogP contribution >= 0.6 is 15.9 Å². The molecule has 0 radical (unpaired) electrons. The van der Waals surface area contributed by atoms with Gasteiger partial charge in [-0.2, -0.15) is 0 Å². The molecule has 1 aromatic carbocycles. The van der Waals surface area contributed by atoms with Crippen LogP contribution in [0.15, 0.2) is 27.7 Å². The lowest BCUT2D eigenvalue weighted by atomic mass is 10.1. The van der Waals surface area contributed by atoms with Gasteiger partial charge in [-0.15, -0.1) is 0 Å². The molecular weight excluding hydrogens is 381 g/mol. The molecule has 5 nitrogen and oxygen atoms in total. The van der Waals surface area contributed by atoms with Crippen LogP contribution in [0.1, 0.15) is 39.5 Å². The number of rotatable bonds is 8. The van der Waals surface area contributed by atoms with E-state index in [0.717, 1.165) is 0 Å². The minimum absolute atomic E-state index is 0.185. The normalized spacial score (nSPS) is 20.6. The van der Waals surface area contributed by atoms with E-state index in [4.69, 9.17) is 14.2 Å². The van der Waals surface area contributed by atoms with E-state index in [9.17, 15) is 9.18 Å². The van der Waals surface area contributed by atoms with Crippen molar-refractivity contribution < 1.29 is 23.4 Å². The van der Waals surface area contributed by atoms with Gasteiger partial charge in [0.1, 0.15) is 11.5 Å². The first kappa shape index (κ1) is 19.0. The Morgan fingerprint density at radius 2 is 2.08 bits per heavy atom. The predicted molar refractivity (Wildman–Crippen MR) is 91.7 cm³/mol. The van der Waals surface area contributed by atoms with Crippen LogP contribution in [0, 0.1) is 5.82 Å². The number of carbonyl (C=O) groups is 1. The Morgan fingerprint density at radius 3 is 2.71 bits per heavy atom. The van der Waals surface area contributed by atoms with Crippen molar-refractivity contribution in [2.75, 3.05) is 6.61 Å². The predicted octanol–water partition coefficient (Wildman–Crippen LogP) is 4.50. The maximum Gasteiger partial charge on any atom is 0.306 e. The number of benzene rings is 1. The van der Waals surface area contributed by atoms with E-state index in [2.05, 4.69) is 20.9 Å². The molecule has 0 saturated carbocycles. The Bertz CT molecular complexity index is 582. The van der Waals surface area contributed by atoms with Crippen LogP contribution in [0.2, 0.25) is 0 Å². The molecule has 24 heavy (non-hydrogen) atoms. The maximum absolute atomic E-state index is 14.0. The fourth-order valence-corrected chi connectivity index (χ4v) is 2.76. The average Bonchev–Trinajstić information content (AvgIpc) is 2.51. The molecule has 0 bridgehead atoms. The maximum atomic E-state index is 14.0. The van der Waals surface area contributed by atoms with Crippen LogP contribution in [-0.4, -0.2) is 30.9 Å². The minimum atomic E-state index is -0.414. The summed E-state index contributed by atoms with van der Waals surface area (Å²) in [5.41, 5.74) is 0.945. The zero-order chi connectivity index (χ0) is 17.5. The van der Waals surface area contributed by atoms with Gasteiger partial charge >= 0.3 is 5.97 Å². The summed E-state index contributed by atoms with van der Waals surface area (Å²) in [6.45, 7) is 3.92. The molecule has 1 saturated heterocycles. The van der Waals surface area contributed by atoms with Crippen LogP contribution < -0.4 is 0 Å². The van der Waals surface area contributed by atoms with E-state index < -0.39 is 5.82 Å². The first-order valence-electron chi connectivity index (χ1n) is 7.96. The molecule has 1 fully saturated rings. The molecule has 1 aliphatic heterocycles. The van der Waals surface area contributed by atoms with Gasteiger partial charge in [0.05, 0.1) is 13.0 Å². The van der Waals surface area contributed by atoms with Gasteiger partial charge in [0, 0.05) is 16.6 Å². The van der Waals surface area contributed by atoms with Gasteiger partial charge in [-0.3, -0.25) is 9.79 Å². The number of esters is 1. The van der Waals surface area contributed by atoms with E-state index >= 15 is 0 Å². The number of halogens is 2. The number of nitrogens with zero attached hydrogens (tertiary/aromatic N) is 1. The van der Waals surface area contributed by atoms with Crippen molar-refractivity contribution in [2.24, 2.45) is 4.99 Å². The second-order valence-corrected chi connectivity index (χ2v) is 6.22. The molecule has 0 aromatic heterocycles. The first-order chi connectivity index (χ1) is 11.5. The third kappa shape index (κ3) is 5.65. The van der Waals surface area contributed by atoms with E-state index in [-0.39, 0.29) is 30.7 Å². The zero-order valence-electron chi connectivity index (χ0n) is 13.8. The van der Waals surface area contributed by atoms with Crippen molar-refractivity contribution in [1.29, 1.82) is 0 Å². The number of ether oxygens (including phenoxy) is 3. The Labute approximate surface area is 149 Å². The van der Waals surface area contributed by atoms with Crippen LogP contribution in [0.4, 0.5) is 10.1 Å². The SMILES string of the molecule is CCOC(=O)CC/C(CCC1OC(C)O1)=N\c1c(F)cccc1Br. The molecule has 7 heteroatoms. The highest BCUT2D eigenvalue weighted by Crippen LogP contribution is 2.29. The van der Waals surface area contributed by atoms with Crippen LogP contribution in [0.25, 0.3) is 0 Å². The number of hydrogen-bond donors (Lipinski definition) is 0. The summed E-state index contributed by atoms with van der Waals surface area (Å²) in [6, 6.07) is 4.69. The van der Waals surface area contributed by atoms with Gasteiger partial charge in [0.15, 0.2) is 12.6 Å². The van der Waals surface area contributed by atoms with Gasteiger partial charge in [0.2, 0.25) is 0 Å². The fraction of sp³-hybridized carbons (Fsp3) is 0.529. The van der Waals surface area contributed by atoms with Gasteiger partial charge in [-0.05, 0) is 54.8 Å². The van der Waals surface area contributed by atoms with Gasteiger partial charge in [-0.25, -0.2) is 4.39 Å². The van der Waals surface area contributed by atoms with Crippen molar-refractivity contribution in [3.05, 3.63) is 28.5 Å². The van der Waals surface area contributed by atoms with Crippen LogP contribution in [-0.2, 0) is 19.0 Å². The summed E-state index contributed by atoms with van der Waals surface area (Å²) >= 11 is 3.31. The quantitative estimate of drug-likeness (QED) is 0.475. The van der Waals surface area contributed by atoms with Gasteiger partial charge in [-0.1, -0.05) is 6.07 Å². The molecule has 1 aliphatic rings. The molecule has 0 amide bonds. The monoisotopic (exact) mass is 401 g/mol. The van der Waals surface area contributed by atoms with E-state index in [1.807, 2.05) is 6.92 Å². The van der Waals surface area contributed by atoms with E-state index in [1.54, 1.807) is 19.1 Å². The zero-order valence-corrected chi connectivity index (χ0v) is 15.3. The number of hydrogen-bond acceptors (Lipinski definition) is 5. The number of para-hydroxylation sites is 1. The summed E-state index contributed by atoms with van der Waals surface area (Å²) in [6.07, 6.45) is 1.33. The van der Waals surface area contributed by atoms with Crippen molar-refractivity contribution in [1.82, 2.24) is 0 Å². The second-order valence-electron chi connectivity index (χ2n) is 5.36. The topological polar surface area (TPSA) is 57.1 Å².